The maximum Gasteiger partial charge on any atom is 0.263 e. The van der Waals surface area contributed by atoms with Gasteiger partial charge < -0.3 is 10.1 Å². The van der Waals surface area contributed by atoms with Crippen molar-refractivity contribution >= 4 is 11.8 Å². The van der Waals surface area contributed by atoms with E-state index in [0.29, 0.717) is 12.1 Å². The van der Waals surface area contributed by atoms with E-state index in [1.807, 2.05) is 0 Å². The van der Waals surface area contributed by atoms with Gasteiger partial charge in [-0.15, -0.1) is 0 Å². The first-order valence-electron chi connectivity index (χ1n) is 4.96. The van der Waals surface area contributed by atoms with Gasteiger partial charge in [0, 0.05) is 12.1 Å². The molecule has 2 aromatic rings. The molecule has 19 heavy (non-hydrogen) atoms. The van der Waals surface area contributed by atoms with Crippen molar-refractivity contribution in [3.05, 3.63) is 39.9 Å². The third-order valence-corrected chi connectivity index (χ3v) is 2.91. The molecule has 0 aliphatic heterocycles. The first-order valence-corrected chi connectivity index (χ1v) is 6.18. The van der Waals surface area contributed by atoms with Crippen LogP contribution in [0.3, 0.4) is 0 Å². The van der Waals surface area contributed by atoms with Crippen LogP contribution in [0.5, 0.6) is 5.88 Å². The van der Waals surface area contributed by atoms with Crippen LogP contribution in [0.2, 0.25) is 0 Å². The smallest absolute Gasteiger partial charge is 0.263 e. The summed E-state index contributed by atoms with van der Waals surface area (Å²) in [5, 5.41) is 9.70. The van der Waals surface area contributed by atoms with Gasteiger partial charge in [-0.1, -0.05) is 11.8 Å². The van der Waals surface area contributed by atoms with Gasteiger partial charge in [-0.3, -0.25) is 4.79 Å². The Labute approximate surface area is 109 Å². The second-order valence-electron chi connectivity index (χ2n) is 3.52. The number of thioether (sulfide) groups is 1. The summed E-state index contributed by atoms with van der Waals surface area (Å²) < 4.78 is 39.9. The molecule has 0 saturated heterocycles. The molecule has 0 fully saturated rings. The highest BCUT2D eigenvalue weighted by atomic mass is 32.2. The fourth-order valence-electron chi connectivity index (χ4n) is 1.54. The first kappa shape index (κ1) is 13.5. The molecular weight excluding hydrogens is 281 g/mol. The highest BCUT2D eigenvalue weighted by Crippen LogP contribution is 2.30. The van der Waals surface area contributed by atoms with E-state index in [1.165, 1.54) is 0 Å². The quantitative estimate of drug-likeness (QED) is 0.657. The van der Waals surface area contributed by atoms with Crippen LogP contribution in [-0.2, 0) is 0 Å². The average molecular weight is 288 g/mol. The van der Waals surface area contributed by atoms with Gasteiger partial charge in [-0.05, 0) is 6.26 Å². The molecule has 0 saturated carbocycles. The van der Waals surface area contributed by atoms with E-state index < -0.39 is 40.0 Å². The Morgan fingerprint density at radius 2 is 1.79 bits per heavy atom. The van der Waals surface area contributed by atoms with Crippen LogP contribution < -0.4 is 5.56 Å². The third-order valence-electron chi connectivity index (χ3n) is 2.33. The van der Waals surface area contributed by atoms with Gasteiger partial charge >= 0.3 is 0 Å². The van der Waals surface area contributed by atoms with Crippen molar-refractivity contribution in [2.24, 2.45) is 0 Å². The molecule has 0 aliphatic carbocycles. The molecule has 1 aromatic heterocycles. The van der Waals surface area contributed by atoms with Crippen LogP contribution in [0.25, 0.3) is 11.1 Å². The number of hydrogen-bond donors (Lipinski definition) is 2. The van der Waals surface area contributed by atoms with E-state index >= 15 is 0 Å². The number of rotatable bonds is 2. The van der Waals surface area contributed by atoms with Crippen molar-refractivity contribution in [1.82, 2.24) is 9.97 Å². The SMILES string of the molecule is CSc1nc(O)c(-c2c(F)cc(F)cc2F)c(=O)[nH]1. The van der Waals surface area contributed by atoms with Crippen LogP contribution >= 0.6 is 11.8 Å². The molecule has 2 N–H and O–H groups in total. The van der Waals surface area contributed by atoms with Crippen molar-refractivity contribution in [3.8, 4) is 17.0 Å². The summed E-state index contributed by atoms with van der Waals surface area (Å²) >= 11 is 1.04. The number of aromatic amines is 1. The van der Waals surface area contributed by atoms with Crippen LogP contribution in [0, 0.1) is 17.5 Å². The van der Waals surface area contributed by atoms with E-state index in [9.17, 15) is 23.1 Å². The summed E-state index contributed by atoms with van der Waals surface area (Å²) in [5.41, 5.74) is -2.41. The zero-order valence-electron chi connectivity index (χ0n) is 9.50. The second-order valence-corrected chi connectivity index (χ2v) is 4.31. The Morgan fingerprint density at radius 3 is 2.26 bits per heavy atom. The summed E-state index contributed by atoms with van der Waals surface area (Å²) in [6.07, 6.45) is 1.59. The Kier molecular flexibility index (Phi) is 3.52. The highest BCUT2D eigenvalue weighted by Gasteiger charge is 2.21. The van der Waals surface area contributed by atoms with Gasteiger partial charge in [0.1, 0.15) is 23.0 Å². The molecule has 4 nitrogen and oxygen atoms in total. The van der Waals surface area contributed by atoms with Crippen molar-refractivity contribution in [2.45, 2.75) is 5.16 Å². The van der Waals surface area contributed by atoms with Crippen LogP contribution in [0.1, 0.15) is 0 Å². The molecule has 0 bridgehead atoms. The zero-order chi connectivity index (χ0) is 14.2. The summed E-state index contributed by atoms with van der Waals surface area (Å²) in [6.45, 7) is 0. The minimum atomic E-state index is -1.29. The molecule has 1 heterocycles. The molecule has 0 radical (unpaired) electrons. The predicted octanol–water partition coefficient (Wildman–Crippen LogP) is 2.28. The molecule has 2 rings (SSSR count). The lowest BCUT2D eigenvalue weighted by Crippen LogP contribution is -2.13. The average Bonchev–Trinajstić information content (AvgIpc) is 2.31. The number of benzene rings is 1. The van der Waals surface area contributed by atoms with E-state index in [4.69, 9.17) is 0 Å². The summed E-state index contributed by atoms with van der Waals surface area (Å²) in [7, 11) is 0. The maximum atomic E-state index is 13.6. The van der Waals surface area contributed by atoms with Crippen molar-refractivity contribution in [3.63, 3.8) is 0 Å². The Balaban J connectivity index is 2.77. The van der Waals surface area contributed by atoms with Gasteiger partial charge in [0.05, 0.1) is 5.56 Å². The lowest BCUT2D eigenvalue weighted by Gasteiger charge is -2.07. The van der Waals surface area contributed by atoms with E-state index in [1.54, 1.807) is 6.26 Å². The van der Waals surface area contributed by atoms with Crippen LogP contribution in [0.4, 0.5) is 13.2 Å². The van der Waals surface area contributed by atoms with Crippen LogP contribution in [0.15, 0.2) is 22.1 Å². The molecule has 0 aliphatic rings. The molecule has 1 aromatic carbocycles. The van der Waals surface area contributed by atoms with Crippen molar-refractivity contribution < 1.29 is 18.3 Å². The number of H-pyrrole nitrogens is 1. The van der Waals surface area contributed by atoms with Crippen molar-refractivity contribution in [2.75, 3.05) is 6.26 Å². The van der Waals surface area contributed by atoms with Crippen molar-refractivity contribution in [1.29, 1.82) is 0 Å². The number of aromatic hydroxyl groups is 1. The summed E-state index contributed by atoms with van der Waals surface area (Å²) in [5.74, 6) is -4.53. The van der Waals surface area contributed by atoms with Gasteiger partial charge in [0.15, 0.2) is 5.16 Å². The predicted molar refractivity (Wildman–Crippen MR) is 63.6 cm³/mol. The number of hydrogen-bond acceptors (Lipinski definition) is 4. The Morgan fingerprint density at radius 1 is 1.21 bits per heavy atom. The summed E-state index contributed by atoms with van der Waals surface area (Å²) in [4.78, 5) is 17.5. The normalized spacial score (nSPS) is 10.7. The lowest BCUT2D eigenvalue weighted by atomic mass is 10.1. The molecule has 100 valence electrons. The van der Waals surface area contributed by atoms with E-state index in [0.717, 1.165) is 11.8 Å². The maximum absolute atomic E-state index is 13.6. The minimum absolute atomic E-state index is 0.0918. The Hall–Kier alpha value is -1.96. The monoisotopic (exact) mass is 288 g/mol. The zero-order valence-corrected chi connectivity index (χ0v) is 10.3. The van der Waals surface area contributed by atoms with Gasteiger partial charge in [-0.2, -0.15) is 4.98 Å². The molecular formula is C11H7F3N2O2S. The van der Waals surface area contributed by atoms with E-state index in [2.05, 4.69) is 9.97 Å². The molecule has 0 spiro atoms. The number of nitrogens with one attached hydrogen (secondary N) is 1. The van der Waals surface area contributed by atoms with Gasteiger partial charge in [0.2, 0.25) is 5.88 Å². The molecule has 0 unspecified atom stereocenters. The third kappa shape index (κ3) is 2.43. The number of halogens is 3. The standard InChI is InChI=1S/C11H7F3N2O2S/c1-19-11-15-9(17)8(10(18)16-11)7-5(13)2-4(12)3-6(7)14/h2-3H,1H3,(H2,15,16,17,18). The Bertz CT molecular complexity index is 680. The second kappa shape index (κ2) is 4.96. The topological polar surface area (TPSA) is 66.0 Å². The minimum Gasteiger partial charge on any atom is -0.493 e. The first-order chi connectivity index (χ1) is 8.93. The van der Waals surface area contributed by atoms with Gasteiger partial charge in [0.25, 0.3) is 5.56 Å². The van der Waals surface area contributed by atoms with Gasteiger partial charge in [-0.25, -0.2) is 13.2 Å². The molecule has 0 atom stereocenters. The largest absolute Gasteiger partial charge is 0.493 e. The highest BCUT2D eigenvalue weighted by molar-refractivity contribution is 7.98. The fraction of sp³-hybridized carbons (Fsp3) is 0.0909. The fourth-order valence-corrected chi connectivity index (χ4v) is 1.92. The van der Waals surface area contributed by atoms with E-state index in [-0.39, 0.29) is 5.16 Å². The summed E-state index contributed by atoms with van der Waals surface area (Å²) in [6, 6.07) is 0.833. The number of nitrogens with zero attached hydrogens (tertiary/aromatic N) is 1. The number of aromatic nitrogens is 2. The van der Waals surface area contributed by atoms with Crippen LogP contribution in [-0.4, -0.2) is 21.3 Å². The lowest BCUT2D eigenvalue weighted by molar-refractivity contribution is 0.445. The molecule has 0 amide bonds. The molecule has 8 heteroatoms.